The summed E-state index contributed by atoms with van der Waals surface area (Å²) in [6, 6.07) is 20.2. The monoisotopic (exact) mass is 495 g/mol. The Kier molecular flexibility index (Phi) is 6.46. The smallest absolute Gasteiger partial charge is 0.407 e. The normalized spacial score (nSPS) is 13.1. The average Bonchev–Trinajstić information content (AvgIpc) is 3.12. The fraction of sp³-hybridized carbons (Fsp3) is 0.200. The molecule has 0 spiro atoms. The molecule has 1 aliphatic carbocycles. The minimum Gasteiger partial charge on any atom is -0.496 e. The van der Waals surface area contributed by atoms with Crippen molar-refractivity contribution in [2.24, 2.45) is 0 Å². The molecular formula is C25H22BrNO5. The lowest BCUT2D eigenvalue weighted by molar-refractivity contribution is -0.139. The van der Waals surface area contributed by atoms with E-state index in [1.165, 1.54) is 7.11 Å². The number of methoxy groups -OCH3 is 1. The van der Waals surface area contributed by atoms with E-state index in [2.05, 4.69) is 33.4 Å². The van der Waals surface area contributed by atoms with E-state index in [9.17, 15) is 14.7 Å². The van der Waals surface area contributed by atoms with Crippen molar-refractivity contribution in [3.05, 3.63) is 87.9 Å². The molecule has 0 bridgehead atoms. The molecule has 0 aromatic heterocycles. The first-order chi connectivity index (χ1) is 15.5. The van der Waals surface area contributed by atoms with Crippen LogP contribution in [-0.2, 0) is 16.0 Å². The molecule has 3 aromatic rings. The quantitative estimate of drug-likeness (QED) is 0.482. The zero-order valence-corrected chi connectivity index (χ0v) is 19.0. The minimum atomic E-state index is -1.14. The van der Waals surface area contributed by atoms with Gasteiger partial charge in [-0.05, 0) is 55.9 Å². The van der Waals surface area contributed by atoms with Gasteiger partial charge in [-0.1, -0.05) is 54.6 Å². The molecule has 1 atom stereocenters. The average molecular weight is 496 g/mol. The summed E-state index contributed by atoms with van der Waals surface area (Å²) < 4.78 is 11.5. The van der Waals surface area contributed by atoms with Crippen LogP contribution in [0, 0.1) is 0 Å². The number of aliphatic carboxylic acids is 1. The second-order valence-electron chi connectivity index (χ2n) is 7.53. The van der Waals surface area contributed by atoms with Crippen molar-refractivity contribution in [1.29, 1.82) is 0 Å². The number of rotatable bonds is 7. The van der Waals surface area contributed by atoms with E-state index in [4.69, 9.17) is 9.47 Å². The Morgan fingerprint density at radius 3 is 2.25 bits per heavy atom. The number of carbonyl (C=O) groups is 2. The Balaban J connectivity index is 1.43. The molecule has 0 saturated carbocycles. The highest BCUT2D eigenvalue weighted by atomic mass is 79.9. The van der Waals surface area contributed by atoms with Crippen molar-refractivity contribution in [3.63, 3.8) is 0 Å². The lowest BCUT2D eigenvalue weighted by atomic mass is 9.98. The molecule has 1 amide bonds. The predicted octanol–water partition coefficient (Wildman–Crippen LogP) is 4.99. The first-order valence-corrected chi connectivity index (χ1v) is 10.9. The number of amides is 1. The number of hydrogen-bond donors (Lipinski definition) is 2. The summed E-state index contributed by atoms with van der Waals surface area (Å²) in [4.78, 5) is 24.2. The standard InChI is InChI=1S/C25H22BrNO5/c1-31-23-13-15(10-11-21(23)26)12-22(24(28)29)27-25(30)32-14-20-18-8-4-2-6-16(18)17-7-3-5-9-19(17)20/h2-11,13,20,22H,12,14H2,1H3,(H,27,30)(H,28,29). The number of hydrogen-bond acceptors (Lipinski definition) is 4. The van der Waals surface area contributed by atoms with Gasteiger partial charge in [-0.15, -0.1) is 0 Å². The Morgan fingerprint density at radius 2 is 1.66 bits per heavy atom. The summed E-state index contributed by atoms with van der Waals surface area (Å²) in [5.41, 5.74) is 5.17. The lowest BCUT2D eigenvalue weighted by Crippen LogP contribution is -2.42. The number of carbonyl (C=O) groups excluding carboxylic acids is 1. The van der Waals surface area contributed by atoms with Crippen LogP contribution in [0.25, 0.3) is 11.1 Å². The highest BCUT2D eigenvalue weighted by molar-refractivity contribution is 9.10. The Hall–Kier alpha value is -3.32. The molecule has 0 fully saturated rings. The molecule has 0 saturated heterocycles. The van der Waals surface area contributed by atoms with Gasteiger partial charge in [0.25, 0.3) is 0 Å². The van der Waals surface area contributed by atoms with Crippen molar-refractivity contribution in [2.75, 3.05) is 13.7 Å². The summed E-state index contributed by atoms with van der Waals surface area (Å²) in [6.45, 7) is 0.123. The van der Waals surface area contributed by atoms with Crippen LogP contribution in [0.5, 0.6) is 5.75 Å². The first-order valence-electron chi connectivity index (χ1n) is 10.1. The minimum absolute atomic E-state index is 0.0906. The van der Waals surface area contributed by atoms with Gasteiger partial charge in [-0.2, -0.15) is 0 Å². The molecule has 0 aliphatic heterocycles. The summed E-state index contributed by atoms with van der Waals surface area (Å²) in [5.74, 6) is -0.639. The molecule has 6 nitrogen and oxygen atoms in total. The molecule has 164 valence electrons. The van der Waals surface area contributed by atoms with Gasteiger partial charge in [-0.25, -0.2) is 9.59 Å². The van der Waals surface area contributed by atoms with E-state index in [0.717, 1.165) is 32.3 Å². The third-order valence-electron chi connectivity index (χ3n) is 5.59. The number of ether oxygens (including phenoxy) is 2. The van der Waals surface area contributed by atoms with Crippen LogP contribution < -0.4 is 10.1 Å². The highest BCUT2D eigenvalue weighted by Crippen LogP contribution is 2.44. The predicted molar refractivity (Wildman–Crippen MR) is 124 cm³/mol. The van der Waals surface area contributed by atoms with E-state index in [1.54, 1.807) is 18.2 Å². The van der Waals surface area contributed by atoms with Crippen LogP contribution in [-0.4, -0.2) is 36.9 Å². The van der Waals surface area contributed by atoms with Crippen molar-refractivity contribution < 1.29 is 24.2 Å². The topological polar surface area (TPSA) is 84.9 Å². The SMILES string of the molecule is COc1cc(CC(NC(=O)OCC2c3ccccc3-c3ccccc32)C(=O)O)ccc1Br. The zero-order chi connectivity index (χ0) is 22.7. The Bertz CT molecular complexity index is 1120. The van der Waals surface area contributed by atoms with Gasteiger partial charge in [0.1, 0.15) is 18.4 Å². The molecule has 0 heterocycles. The molecular weight excluding hydrogens is 474 g/mol. The van der Waals surface area contributed by atoms with Gasteiger partial charge in [0.15, 0.2) is 0 Å². The summed E-state index contributed by atoms with van der Waals surface area (Å²) in [6.07, 6.45) is -0.660. The van der Waals surface area contributed by atoms with Gasteiger partial charge in [0.05, 0.1) is 11.6 Å². The molecule has 1 unspecified atom stereocenters. The van der Waals surface area contributed by atoms with Crippen LogP contribution in [0.2, 0.25) is 0 Å². The second-order valence-corrected chi connectivity index (χ2v) is 8.39. The van der Waals surface area contributed by atoms with E-state index < -0.39 is 18.1 Å². The highest BCUT2D eigenvalue weighted by Gasteiger charge is 2.29. The lowest BCUT2D eigenvalue weighted by Gasteiger charge is -2.18. The number of benzene rings is 3. The van der Waals surface area contributed by atoms with Crippen molar-refractivity contribution >= 4 is 28.0 Å². The van der Waals surface area contributed by atoms with Gasteiger partial charge in [0.2, 0.25) is 0 Å². The van der Waals surface area contributed by atoms with Crippen LogP contribution in [0.4, 0.5) is 4.79 Å². The fourth-order valence-electron chi connectivity index (χ4n) is 4.05. The van der Waals surface area contributed by atoms with E-state index in [1.807, 2.05) is 36.4 Å². The van der Waals surface area contributed by atoms with Crippen LogP contribution in [0.1, 0.15) is 22.6 Å². The number of nitrogens with one attached hydrogen (secondary N) is 1. The molecule has 1 aliphatic rings. The number of fused-ring (bicyclic) bond motifs is 3. The van der Waals surface area contributed by atoms with Crippen molar-refractivity contribution in [1.82, 2.24) is 5.32 Å². The maximum Gasteiger partial charge on any atom is 0.407 e. The van der Waals surface area contributed by atoms with Crippen molar-refractivity contribution in [2.45, 2.75) is 18.4 Å². The molecule has 32 heavy (non-hydrogen) atoms. The number of halogens is 1. The summed E-state index contributed by atoms with van der Waals surface area (Å²) in [5, 5.41) is 12.1. The van der Waals surface area contributed by atoms with Crippen LogP contribution >= 0.6 is 15.9 Å². The van der Waals surface area contributed by atoms with Gasteiger partial charge in [0, 0.05) is 12.3 Å². The second kappa shape index (κ2) is 9.44. The maximum atomic E-state index is 12.5. The number of carboxylic acids is 1. The largest absolute Gasteiger partial charge is 0.496 e. The summed E-state index contributed by atoms with van der Waals surface area (Å²) in [7, 11) is 1.54. The summed E-state index contributed by atoms with van der Waals surface area (Å²) >= 11 is 3.37. The molecule has 0 radical (unpaired) electrons. The van der Waals surface area contributed by atoms with Gasteiger partial charge < -0.3 is 19.9 Å². The van der Waals surface area contributed by atoms with E-state index >= 15 is 0 Å². The van der Waals surface area contributed by atoms with Crippen molar-refractivity contribution in [3.8, 4) is 16.9 Å². The van der Waals surface area contributed by atoms with E-state index in [0.29, 0.717) is 5.75 Å². The zero-order valence-electron chi connectivity index (χ0n) is 17.4. The van der Waals surface area contributed by atoms with E-state index in [-0.39, 0.29) is 18.9 Å². The third kappa shape index (κ3) is 4.48. The van der Waals surface area contributed by atoms with Crippen LogP contribution in [0.3, 0.4) is 0 Å². The molecule has 7 heteroatoms. The number of alkyl carbamates (subject to hydrolysis) is 1. The molecule has 3 aromatic carbocycles. The third-order valence-corrected chi connectivity index (χ3v) is 6.24. The maximum absolute atomic E-state index is 12.5. The fourth-order valence-corrected chi connectivity index (χ4v) is 4.46. The Labute approximate surface area is 194 Å². The van der Waals surface area contributed by atoms with Gasteiger partial charge >= 0.3 is 12.1 Å². The Morgan fingerprint density at radius 1 is 1.03 bits per heavy atom. The molecule has 2 N–H and O–H groups in total. The number of carboxylic acid groups (broad SMARTS) is 1. The van der Waals surface area contributed by atoms with Crippen LogP contribution in [0.15, 0.2) is 71.2 Å². The molecule has 4 rings (SSSR count). The first kappa shape index (κ1) is 21.9. The van der Waals surface area contributed by atoms with Gasteiger partial charge in [-0.3, -0.25) is 0 Å².